The minimum absolute atomic E-state index is 0.0937. The summed E-state index contributed by atoms with van der Waals surface area (Å²) in [6, 6.07) is 2.35. The van der Waals surface area contributed by atoms with E-state index in [2.05, 4.69) is 15.6 Å². The highest BCUT2D eigenvalue weighted by Crippen LogP contribution is 2.17. The molecular formula is C13H12FN3O3S. The van der Waals surface area contributed by atoms with E-state index in [1.165, 1.54) is 23.5 Å². The van der Waals surface area contributed by atoms with Gasteiger partial charge in [0.2, 0.25) is 0 Å². The van der Waals surface area contributed by atoms with Crippen LogP contribution >= 0.6 is 11.3 Å². The van der Waals surface area contributed by atoms with E-state index in [0.29, 0.717) is 0 Å². The van der Waals surface area contributed by atoms with Gasteiger partial charge in [-0.1, -0.05) is 0 Å². The van der Waals surface area contributed by atoms with Gasteiger partial charge in [0.25, 0.3) is 0 Å². The molecule has 0 spiro atoms. The van der Waals surface area contributed by atoms with Crippen LogP contribution in [0, 0.1) is 5.82 Å². The number of benzene rings is 1. The summed E-state index contributed by atoms with van der Waals surface area (Å²) in [4.78, 5) is 26.5. The summed E-state index contributed by atoms with van der Waals surface area (Å²) in [6.45, 7) is 1.75. The molecule has 1 heterocycles. The largest absolute Gasteiger partial charge is 0.478 e. The first kappa shape index (κ1) is 14.9. The molecule has 2 amide bonds. The Morgan fingerprint density at radius 1 is 1.43 bits per heavy atom. The van der Waals surface area contributed by atoms with Crippen LogP contribution in [-0.4, -0.2) is 22.1 Å². The molecule has 2 aromatic rings. The zero-order valence-corrected chi connectivity index (χ0v) is 11.8. The van der Waals surface area contributed by atoms with Crippen LogP contribution in [0.25, 0.3) is 0 Å². The van der Waals surface area contributed by atoms with E-state index in [-0.39, 0.29) is 17.3 Å². The minimum atomic E-state index is -1.23. The van der Waals surface area contributed by atoms with Crippen LogP contribution in [-0.2, 0) is 0 Å². The Hall–Kier alpha value is -2.48. The lowest BCUT2D eigenvalue weighted by Crippen LogP contribution is -2.31. The first-order chi connectivity index (χ1) is 9.97. The molecule has 0 aliphatic heterocycles. The second kappa shape index (κ2) is 6.31. The fraction of sp³-hybridized carbons (Fsp3) is 0.154. The van der Waals surface area contributed by atoms with Gasteiger partial charge in [-0.15, -0.1) is 11.3 Å². The van der Waals surface area contributed by atoms with Gasteiger partial charge in [-0.2, -0.15) is 0 Å². The maximum absolute atomic E-state index is 13.7. The number of carboxylic acid groups (broad SMARTS) is 1. The summed E-state index contributed by atoms with van der Waals surface area (Å²) in [7, 11) is 0. The number of nitrogens with zero attached hydrogens (tertiary/aromatic N) is 1. The Labute approximate surface area is 123 Å². The fourth-order valence-electron chi connectivity index (χ4n) is 1.61. The molecule has 21 heavy (non-hydrogen) atoms. The smallest absolute Gasteiger partial charge is 0.335 e. The number of rotatable bonds is 4. The lowest BCUT2D eigenvalue weighted by atomic mass is 10.2. The Bertz CT molecular complexity index is 661. The third kappa shape index (κ3) is 3.76. The molecule has 110 valence electrons. The molecule has 2 rings (SSSR count). The number of aromatic nitrogens is 1. The summed E-state index contributed by atoms with van der Waals surface area (Å²) in [5, 5.41) is 16.2. The van der Waals surface area contributed by atoms with Gasteiger partial charge < -0.3 is 15.7 Å². The van der Waals surface area contributed by atoms with E-state index in [0.717, 1.165) is 11.1 Å². The van der Waals surface area contributed by atoms with Gasteiger partial charge >= 0.3 is 12.0 Å². The number of halogens is 1. The molecule has 1 atom stereocenters. The molecule has 1 aromatic heterocycles. The van der Waals surface area contributed by atoms with Crippen LogP contribution in [0.4, 0.5) is 14.9 Å². The second-order valence-electron chi connectivity index (χ2n) is 4.19. The number of anilines is 1. The van der Waals surface area contributed by atoms with Crippen LogP contribution in [0.3, 0.4) is 0 Å². The lowest BCUT2D eigenvalue weighted by molar-refractivity contribution is 0.0696. The van der Waals surface area contributed by atoms with Crippen molar-refractivity contribution in [2.24, 2.45) is 0 Å². The monoisotopic (exact) mass is 309 g/mol. The van der Waals surface area contributed by atoms with Crippen LogP contribution in [0.2, 0.25) is 0 Å². The molecule has 0 fully saturated rings. The summed E-state index contributed by atoms with van der Waals surface area (Å²) in [5.41, 5.74) is -0.279. The highest BCUT2D eigenvalue weighted by Gasteiger charge is 2.14. The van der Waals surface area contributed by atoms with Crippen molar-refractivity contribution >= 4 is 29.0 Å². The van der Waals surface area contributed by atoms with Gasteiger partial charge in [0.05, 0.1) is 17.3 Å². The van der Waals surface area contributed by atoms with Crippen molar-refractivity contribution in [3.8, 4) is 0 Å². The Morgan fingerprint density at radius 2 is 2.19 bits per heavy atom. The van der Waals surface area contributed by atoms with Gasteiger partial charge in [-0.05, 0) is 25.1 Å². The molecule has 0 radical (unpaired) electrons. The predicted octanol–water partition coefficient (Wildman–Crippen LogP) is 2.86. The third-order valence-electron chi connectivity index (χ3n) is 2.63. The summed E-state index contributed by atoms with van der Waals surface area (Å²) in [5.74, 6) is -2.05. The zero-order valence-electron chi connectivity index (χ0n) is 11.0. The SMILES string of the molecule is CC(NC(=O)Nc1ccc(C(=O)O)cc1F)c1nccs1. The number of hydrogen-bond acceptors (Lipinski definition) is 4. The Balaban J connectivity index is 2.01. The predicted molar refractivity (Wildman–Crippen MR) is 76.0 cm³/mol. The van der Waals surface area contributed by atoms with Gasteiger partial charge in [-0.3, -0.25) is 0 Å². The first-order valence-electron chi connectivity index (χ1n) is 5.97. The number of thiazole rings is 1. The standard InChI is InChI=1S/C13H12FN3O3S/c1-7(11-15-4-5-21-11)16-13(20)17-10-3-2-8(12(18)19)6-9(10)14/h2-7H,1H3,(H,18,19)(H2,16,17,20). The average molecular weight is 309 g/mol. The maximum atomic E-state index is 13.7. The van der Waals surface area contributed by atoms with Crippen LogP contribution in [0.1, 0.15) is 28.3 Å². The molecule has 0 aliphatic rings. The summed E-state index contributed by atoms with van der Waals surface area (Å²) >= 11 is 1.39. The number of hydrogen-bond donors (Lipinski definition) is 3. The summed E-state index contributed by atoms with van der Waals surface area (Å²) in [6.07, 6.45) is 1.63. The molecule has 1 aromatic carbocycles. The van der Waals surface area contributed by atoms with E-state index < -0.39 is 17.8 Å². The second-order valence-corrected chi connectivity index (χ2v) is 5.12. The molecular weight excluding hydrogens is 297 g/mol. The van der Waals surface area contributed by atoms with Crippen molar-refractivity contribution in [1.82, 2.24) is 10.3 Å². The number of amides is 2. The van der Waals surface area contributed by atoms with Crippen LogP contribution < -0.4 is 10.6 Å². The number of carboxylic acids is 1. The zero-order chi connectivity index (χ0) is 15.4. The fourth-order valence-corrected chi connectivity index (χ4v) is 2.26. The molecule has 0 bridgehead atoms. The maximum Gasteiger partial charge on any atom is 0.335 e. The van der Waals surface area contributed by atoms with Crippen LogP contribution in [0.15, 0.2) is 29.8 Å². The molecule has 0 saturated carbocycles. The number of carbonyl (C=O) groups excluding carboxylic acids is 1. The van der Waals surface area contributed by atoms with Crippen molar-refractivity contribution < 1.29 is 19.1 Å². The van der Waals surface area contributed by atoms with Crippen molar-refractivity contribution in [2.75, 3.05) is 5.32 Å². The van der Waals surface area contributed by atoms with Crippen molar-refractivity contribution in [2.45, 2.75) is 13.0 Å². The normalized spacial score (nSPS) is 11.7. The third-order valence-corrected chi connectivity index (χ3v) is 3.59. The van der Waals surface area contributed by atoms with Crippen molar-refractivity contribution in [3.63, 3.8) is 0 Å². The number of aromatic carboxylic acids is 1. The Morgan fingerprint density at radius 3 is 2.76 bits per heavy atom. The quantitative estimate of drug-likeness (QED) is 0.810. The van der Waals surface area contributed by atoms with Crippen molar-refractivity contribution in [1.29, 1.82) is 0 Å². The first-order valence-corrected chi connectivity index (χ1v) is 6.85. The average Bonchev–Trinajstić information content (AvgIpc) is 2.94. The minimum Gasteiger partial charge on any atom is -0.478 e. The number of urea groups is 1. The molecule has 1 unspecified atom stereocenters. The van der Waals surface area contributed by atoms with E-state index >= 15 is 0 Å². The van der Waals surface area contributed by atoms with Crippen LogP contribution in [0.5, 0.6) is 0 Å². The van der Waals surface area contributed by atoms with E-state index in [1.54, 1.807) is 18.5 Å². The van der Waals surface area contributed by atoms with Gasteiger partial charge in [0.1, 0.15) is 10.8 Å². The van der Waals surface area contributed by atoms with Gasteiger partial charge in [0.15, 0.2) is 0 Å². The van der Waals surface area contributed by atoms with Crippen molar-refractivity contribution in [3.05, 3.63) is 46.2 Å². The summed E-state index contributed by atoms with van der Waals surface area (Å²) < 4.78 is 13.7. The molecule has 3 N–H and O–H groups in total. The molecule has 6 nitrogen and oxygen atoms in total. The Kier molecular flexibility index (Phi) is 4.49. The van der Waals surface area contributed by atoms with E-state index in [9.17, 15) is 14.0 Å². The van der Waals surface area contributed by atoms with E-state index in [1.807, 2.05) is 0 Å². The highest BCUT2D eigenvalue weighted by molar-refractivity contribution is 7.09. The topological polar surface area (TPSA) is 91.3 Å². The molecule has 8 heteroatoms. The highest BCUT2D eigenvalue weighted by atomic mass is 32.1. The number of nitrogens with one attached hydrogen (secondary N) is 2. The van der Waals surface area contributed by atoms with Gasteiger partial charge in [-0.25, -0.2) is 19.0 Å². The van der Waals surface area contributed by atoms with Gasteiger partial charge in [0, 0.05) is 11.6 Å². The lowest BCUT2D eigenvalue weighted by Gasteiger charge is -2.13. The molecule has 0 aliphatic carbocycles. The van der Waals surface area contributed by atoms with E-state index in [4.69, 9.17) is 5.11 Å². The molecule has 0 saturated heterocycles. The number of carbonyl (C=O) groups is 2.